The van der Waals surface area contributed by atoms with Gasteiger partial charge in [-0.3, -0.25) is 0 Å². The molecule has 11 aromatic rings. The molecule has 0 saturated carbocycles. The van der Waals surface area contributed by atoms with Crippen LogP contribution in [0.4, 0.5) is 17.1 Å². The Bertz CT molecular complexity index is 3780. The maximum atomic E-state index is 2.49. The first-order valence-corrected chi connectivity index (χ1v) is 24.6. The van der Waals surface area contributed by atoms with Gasteiger partial charge in [-0.15, -0.1) is 11.3 Å². The number of nitrogens with zero attached hydrogens (tertiary/aromatic N) is 1. The molecular weight excluding hydrogens is 839 g/mol. The number of rotatable bonds is 7. The van der Waals surface area contributed by atoms with Gasteiger partial charge in [-0.25, -0.2) is 0 Å². The van der Waals surface area contributed by atoms with Gasteiger partial charge in [0.2, 0.25) is 0 Å². The van der Waals surface area contributed by atoms with E-state index in [4.69, 9.17) is 0 Å². The summed E-state index contributed by atoms with van der Waals surface area (Å²) in [6.07, 6.45) is 0. The van der Waals surface area contributed by atoms with Crippen molar-refractivity contribution in [1.29, 1.82) is 0 Å². The monoisotopic (exact) mass is 887 g/mol. The fourth-order valence-electron chi connectivity index (χ4n) is 11.6. The van der Waals surface area contributed by atoms with E-state index in [0.29, 0.717) is 0 Å². The van der Waals surface area contributed by atoms with Gasteiger partial charge in [-0.2, -0.15) is 0 Å². The van der Waals surface area contributed by atoms with Crippen molar-refractivity contribution in [2.75, 3.05) is 4.90 Å². The summed E-state index contributed by atoms with van der Waals surface area (Å²) in [7, 11) is 0. The van der Waals surface area contributed by atoms with Crippen LogP contribution >= 0.6 is 11.3 Å². The van der Waals surface area contributed by atoms with Crippen LogP contribution in [0.2, 0.25) is 0 Å². The van der Waals surface area contributed by atoms with Crippen LogP contribution in [-0.4, -0.2) is 0 Å². The second kappa shape index (κ2) is 15.4. The molecule has 0 amide bonds. The smallest absolute Gasteiger partial charge is 0.0543 e. The average Bonchev–Trinajstić information content (AvgIpc) is 3.97. The summed E-state index contributed by atoms with van der Waals surface area (Å²) in [5, 5.41) is 2.64. The minimum Gasteiger partial charge on any atom is -0.310 e. The Labute approximate surface area is 403 Å². The summed E-state index contributed by atoms with van der Waals surface area (Å²) in [5.41, 5.74) is 23.7. The van der Waals surface area contributed by atoms with Gasteiger partial charge in [0.15, 0.2) is 0 Å². The molecule has 1 heterocycles. The Balaban J connectivity index is 0.970. The highest BCUT2D eigenvalue weighted by molar-refractivity contribution is 7.26. The van der Waals surface area contributed by atoms with Crippen molar-refractivity contribution in [3.8, 4) is 66.8 Å². The molecule has 2 heteroatoms. The van der Waals surface area contributed by atoms with Crippen LogP contribution < -0.4 is 4.90 Å². The number of anilines is 3. The quantitative estimate of drug-likeness (QED) is 0.154. The molecule has 0 aliphatic heterocycles. The van der Waals surface area contributed by atoms with E-state index in [-0.39, 0.29) is 10.8 Å². The number of hydrogen-bond donors (Lipinski definition) is 0. The predicted molar refractivity (Wildman–Crippen MR) is 291 cm³/mol. The van der Waals surface area contributed by atoms with Gasteiger partial charge < -0.3 is 4.90 Å². The number of hydrogen-bond acceptors (Lipinski definition) is 2. The van der Waals surface area contributed by atoms with E-state index in [1.807, 2.05) is 11.3 Å². The highest BCUT2D eigenvalue weighted by atomic mass is 32.1. The zero-order valence-corrected chi connectivity index (χ0v) is 39.5. The van der Waals surface area contributed by atoms with Crippen LogP contribution in [0.5, 0.6) is 0 Å². The van der Waals surface area contributed by atoms with E-state index >= 15 is 0 Å². The molecule has 0 fully saturated rings. The van der Waals surface area contributed by atoms with Gasteiger partial charge in [0.25, 0.3) is 0 Å². The molecule has 0 saturated heterocycles. The molecule has 68 heavy (non-hydrogen) atoms. The summed E-state index contributed by atoms with van der Waals surface area (Å²) in [6.45, 7) is 9.53. The van der Waals surface area contributed by atoms with Gasteiger partial charge >= 0.3 is 0 Å². The number of thiophene rings is 1. The van der Waals surface area contributed by atoms with Crippen LogP contribution in [0, 0.1) is 0 Å². The maximum absolute atomic E-state index is 2.49. The third-order valence-corrected chi connectivity index (χ3v) is 16.3. The van der Waals surface area contributed by atoms with Crippen LogP contribution in [0.3, 0.4) is 0 Å². The standard InChI is InChI=1S/C66H49NS/c1-65(2)56-28-13-11-25-53(56)63-58(65)29-17-30-60(63)67(48-35-32-44(33-36-48)50-26-16-27-52-51-24-12-14-31-61(51)68-64(50)52)49-23-15-22-45(38-49)46-34-37-57-55(39-46)62-54(43-20-9-6-10-21-43)40-47(41-59(62)66(57,3)4)42-18-7-5-8-19-42/h5-41H,1-4H3. The van der Waals surface area contributed by atoms with Crippen molar-refractivity contribution in [2.45, 2.75) is 38.5 Å². The Morgan fingerprint density at radius 3 is 1.72 bits per heavy atom. The van der Waals surface area contributed by atoms with Crippen LogP contribution in [0.1, 0.15) is 49.9 Å². The van der Waals surface area contributed by atoms with Gasteiger partial charge in [-0.1, -0.05) is 198 Å². The van der Waals surface area contributed by atoms with E-state index in [1.54, 1.807) is 0 Å². The molecule has 0 unspecified atom stereocenters. The van der Waals surface area contributed by atoms with Crippen molar-refractivity contribution in [1.82, 2.24) is 0 Å². The lowest BCUT2D eigenvalue weighted by Crippen LogP contribution is -2.16. The molecule has 0 N–H and O–H groups in total. The molecule has 13 rings (SSSR count). The Hall–Kier alpha value is -7.78. The first-order chi connectivity index (χ1) is 33.2. The highest BCUT2D eigenvalue weighted by Crippen LogP contribution is 2.56. The Morgan fingerprint density at radius 1 is 0.324 bits per heavy atom. The van der Waals surface area contributed by atoms with E-state index in [9.17, 15) is 0 Å². The molecule has 2 aliphatic carbocycles. The van der Waals surface area contributed by atoms with Crippen molar-refractivity contribution in [2.24, 2.45) is 0 Å². The van der Waals surface area contributed by atoms with E-state index in [1.165, 1.54) is 115 Å². The fraction of sp³-hybridized carbons (Fsp3) is 0.0909. The summed E-state index contributed by atoms with van der Waals surface area (Å²) < 4.78 is 2.66. The van der Waals surface area contributed by atoms with Gasteiger partial charge in [0.1, 0.15) is 0 Å². The van der Waals surface area contributed by atoms with Crippen molar-refractivity contribution >= 4 is 48.6 Å². The normalized spacial score (nSPS) is 13.8. The number of benzene rings is 10. The Morgan fingerprint density at radius 2 is 0.897 bits per heavy atom. The molecule has 0 spiro atoms. The second-order valence-corrected chi connectivity index (χ2v) is 20.7. The lowest BCUT2D eigenvalue weighted by atomic mass is 9.80. The van der Waals surface area contributed by atoms with E-state index in [0.717, 1.165) is 11.4 Å². The first kappa shape index (κ1) is 40.5. The lowest BCUT2D eigenvalue weighted by molar-refractivity contribution is 0.660. The van der Waals surface area contributed by atoms with Crippen LogP contribution in [0.25, 0.3) is 86.9 Å². The second-order valence-electron chi connectivity index (χ2n) is 19.6. The summed E-state index contributed by atoms with van der Waals surface area (Å²) in [5.74, 6) is 0. The molecule has 0 radical (unpaired) electrons. The zero-order chi connectivity index (χ0) is 45.7. The molecular formula is C66H49NS. The Kier molecular flexibility index (Phi) is 9.16. The maximum Gasteiger partial charge on any atom is 0.0543 e. The topological polar surface area (TPSA) is 3.24 Å². The van der Waals surface area contributed by atoms with Crippen LogP contribution in [-0.2, 0) is 10.8 Å². The summed E-state index contributed by atoms with van der Waals surface area (Å²) >= 11 is 1.89. The van der Waals surface area contributed by atoms with Crippen LogP contribution in [0.15, 0.2) is 224 Å². The van der Waals surface area contributed by atoms with Crippen molar-refractivity contribution in [3.05, 3.63) is 247 Å². The fourth-order valence-corrected chi connectivity index (χ4v) is 12.9. The van der Waals surface area contributed by atoms with Gasteiger partial charge in [-0.05, 0) is 138 Å². The number of fused-ring (bicyclic) bond motifs is 9. The minimum absolute atomic E-state index is 0.128. The molecule has 1 nitrogen and oxygen atoms in total. The van der Waals surface area contributed by atoms with Gasteiger partial charge in [0, 0.05) is 47.9 Å². The molecule has 0 bridgehead atoms. The van der Waals surface area contributed by atoms with Crippen molar-refractivity contribution < 1.29 is 0 Å². The minimum atomic E-state index is -0.178. The third-order valence-electron chi connectivity index (χ3n) is 15.1. The summed E-state index contributed by atoms with van der Waals surface area (Å²) in [6, 6.07) is 83.7. The molecule has 1 aromatic heterocycles. The third kappa shape index (κ3) is 6.21. The highest BCUT2D eigenvalue weighted by Gasteiger charge is 2.39. The molecule has 324 valence electrons. The predicted octanol–water partition coefficient (Wildman–Crippen LogP) is 18.8. The molecule has 10 aromatic carbocycles. The lowest BCUT2D eigenvalue weighted by Gasteiger charge is -2.29. The molecule has 2 aliphatic rings. The van der Waals surface area contributed by atoms with E-state index in [2.05, 4.69) is 257 Å². The average molecular weight is 888 g/mol. The SMILES string of the molecule is CC1(C)c2ccc(-c3cccc(N(c4ccc(-c5cccc6c5sc5ccccc56)cc4)c4cccc5c4-c4ccccc4C5(C)C)c3)cc2-c2c(-c3ccccc3)cc(-c3ccccc3)cc21. The van der Waals surface area contributed by atoms with Gasteiger partial charge in [0.05, 0.1) is 5.69 Å². The molecule has 0 atom stereocenters. The largest absolute Gasteiger partial charge is 0.310 e. The zero-order valence-electron chi connectivity index (χ0n) is 38.7. The van der Waals surface area contributed by atoms with Crippen molar-refractivity contribution in [3.63, 3.8) is 0 Å². The summed E-state index contributed by atoms with van der Waals surface area (Å²) in [4.78, 5) is 2.49. The first-order valence-electron chi connectivity index (χ1n) is 23.8. The van der Waals surface area contributed by atoms with E-state index < -0.39 is 0 Å².